The fraction of sp³-hybridized carbons (Fsp3) is 0.278. The van der Waals surface area contributed by atoms with Crippen molar-refractivity contribution in [2.75, 3.05) is 5.32 Å². The van der Waals surface area contributed by atoms with E-state index in [1.165, 1.54) is 23.3 Å². The standard InChI is InChI=1S/C18H20ClFN2S/c1-11(2)17(14-7-5-4-6-12(14)3)22-18(23)21-13-8-9-16(20)15(19)10-13/h4-11,17H,1-3H3,(H2,21,22,23)/t17-/m0/s1. The van der Waals surface area contributed by atoms with Gasteiger partial charge in [0.2, 0.25) is 0 Å². The average Bonchev–Trinajstić information content (AvgIpc) is 2.49. The number of aryl methyl sites for hydroxylation is 1. The van der Waals surface area contributed by atoms with Gasteiger partial charge >= 0.3 is 0 Å². The average molecular weight is 351 g/mol. The number of anilines is 1. The van der Waals surface area contributed by atoms with Crippen molar-refractivity contribution in [1.82, 2.24) is 5.32 Å². The van der Waals surface area contributed by atoms with Crippen LogP contribution in [0.25, 0.3) is 0 Å². The van der Waals surface area contributed by atoms with Crippen LogP contribution in [0.15, 0.2) is 42.5 Å². The monoisotopic (exact) mass is 350 g/mol. The van der Waals surface area contributed by atoms with Gasteiger partial charge in [0, 0.05) is 5.69 Å². The molecule has 0 saturated heterocycles. The Morgan fingerprint density at radius 2 is 1.87 bits per heavy atom. The van der Waals surface area contributed by atoms with E-state index in [-0.39, 0.29) is 11.1 Å². The van der Waals surface area contributed by atoms with Gasteiger partial charge in [0.1, 0.15) is 5.82 Å². The van der Waals surface area contributed by atoms with E-state index < -0.39 is 5.82 Å². The second-order valence-corrected chi connectivity index (χ2v) is 6.62. The molecule has 0 aliphatic rings. The molecule has 0 aliphatic carbocycles. The molecule has 0 aromatic heterocycles. The minimum atomic E-state index is -0.448. The van der Waals surface area contributed by atoms with E-state index in [0.29, 0.717) is 16.7 Å². The highest BCUT2D eigenvalue weighted by atomic mass is 35.5. The zero-order valence-electron chi connectivity index (χ0n) is 13.4. The summed E-state index contributed by atoms with van der Waals surface area (Å²) in [6.07, 6.45) is 0. The molecular formula is C18H20ClFN2S. The van der Waals surface area contributed by atoms with Gasteiger partial charge in [0.05, 0.1) is 11.1 Å². The summed E-state index contributed by atoms with van der Waals surface area (Å²) in [5.41, 5.74) is 3.08. The summed E-state index contributed by atoms with van der Waals surface area (Å²) in [5, 5.41) is 6.94. The number of nitrogens with one attached hydrogen (secondary N) is 2. The summed E-state index contributed by atoms with van der Waals surface area (Å²) in [6, 6.07) is 12.8. The first-order valence-corrected chi connectivity index (χ1v) is 8.25. The summed E-state index contributed by atoms with van der Waals surface area (Å²) in [4.78, 5) is 0. The van der Waals surface area contributed by atoms with Crippen LogP contribution in [0.3, 0.4) is 0 Å². The molecule has 0 spiro atoms. The molecule has 2 N–H and O–H groups in total. The quantitative estimate of drug-likeness (QED) is 0.715. The maximum Gasteiger partial charge on any atom is 0.171 e. The largest absolute Gasteiger partial charge is 0.355 e. The van der Waals surface area contributed by atoms with Crippen LogP contribution in [0.5, 0.6) is 0 Å². The third-order valence-electron chi connectivity index (χ3n) is 3.65. The third kappa shape index (κ3) is 4.66. The van der Waals surface area contributed by atoms with Gasteiger partial charge in [-0.15, -0.1) is 0 Å². The molecule has 0 fully saturated rings. The highest BCUT2D eigenvalue weighted by Crippen LogP contribution is 2.25. The van der Waals surface area contributed by atoms with Gasteiger partial charge in [-0.05, 0) is 54.4 Å². The summed E-state index contributed by atoms with van der Waals surface area (Å²) >= 11 is 11.2. The van der Waals surface area contributed by atoms with E-state index >= 15 is 0 Å². The van der Waals surface area contributed by atoms with E-state index in [1.807, 2.05) is 12.1 Å². The fourth-order valence-corrected chi connectivity index (χ4v) is 2.85. The van der Waals surface area contributed by atoms with Gasteiger partial charge in [-0.3, -0.25) is 0 Å². The van der Waals surface area contributed by atoms with Gasteiger partial charge in [0.25, 0.3) is 0 Å². The predicted octanol–water partition coefficient (Wildman–Crippen LogP) is 5.47. The van der Waals surface area contributed by atoms with Crippen LogP contribution in [-0.2, 0) is 0 Å². The Kier molecular flexibility index (Phi) is 5.97. The maximum absolute atomic E-state index is 13.2. The van der Waals surface area contributed by atoms with Gasteiger partial charge < -0.3 is 10.6 Å². The molecule has 0 unspecified atom stereocenters. The molecule has 0 bridgehead atoms. The van der Waals surface area contributed by atoms with Gasteiger partial charge in [0.15, 0.2) is 5.11 Å². The predicted molar refractivity (Wildman–Crippen MR) is 99.5 cm³/mol. The molecule has 122 valence electrons. The van der Waals surface area contributed by atoms with Crippen LogP contribution in [0, 0.1) is 18.7 Å². The lowest BCUT2D eigenvalue weighted by molar-refractivity contribution is 0.471. The molecule has 0 heterocycles. The van der Waals surface area contributed by atoms with Gasteiger partial charge in [-0.1, -0.05) is 49.7 Å². The van der Waals surface area contributed by atoms with Crippen LogP contribution in [0.4, 0.5) is 10.1 Å². The molecule has 2 aromatic carbocycles. The highest BCUT2D eigenvalue weighted by Gasteiger charge is 2.18. The van der Waals surface area contributed by atoms with Crippen molar-refractivity contribution in [2.24, 2.45) is 5.92 Å². The number of benzene rings is 2. The second-order valence-electron chi connectivity index (χ2n) is 5.81. The molecule has 0 radical (unpaired) electrons. The van der Waals surface area contributed by atoms with Crippen molar-refractivity contribution in [3.05, 3.63) is 64.4 Å². The van der Waals surface area contributed by atoms with Crippen molar-refractivity contribution in [1.29, 1.82) is 0 Å². The van der Waals surface area contributed by atoms with Crippen LogP contribution < -0.4 is 10.6 Å². The van der Waals surface area contributed by atoms with Crippen molar-refractivity contribution in [3.63, 3.8) is 0 Å². The minimum absolute atomic E-state index is 0.0668. The van der Waals surface area contributed by atoms with Crippen molar-refractivity contribution < 1.29 is 4.39 Å². The molecule has 23 heavy (non-hydrogen) atoms. The maximum atomic E-state index is 13.2. The molecule has 1 atom stereocenters. The summed E-state index contributed by atoms with van der Waals surface area (Å²) < 4.78 is 13.2. The van der Waals surface area contributed by atoms with Crippen molar-refractivity contribution >= 4 is 34.6 Å². The first-order valence-electron chi connectivity index (χ1n) is 7.46. The number of hydrogen-bond donors (Lipinski definition) is 2. The molecule has 0 amide bonds. The fourth-order valence-electron chi connectivity index (χ4n) is 2.42. The summed E-state index contributed by atoms with van der Waals surface area (Å²) in [6.45, 7) is 6.37. The molecule has 2 aromatic rings. The molecule has 0 saturated carbocycles. The molecule has 5 heteroatoms. The van der Waals surface area contributed by atoms with E-state index in [0.717, 1.165) is 0 Å². The Balaban J connectivity index is 2.12. The lowest BCUT2D eigenvalue weighted by Gasteiger charge is -2.26. The number of rotatable bonds is 4. The van der Waals surface area contributed by atoms with E-state index in [2.05, 4.69) is 43.5 Å². The normalized spacial score (nSPS) is 12.1. The van der Waals surface area contributed by atoms with Crippen LogP contribution in [-0.4, -0.2) is 5.11 Å². The van der Waals surface area contributed by atoms with Crippen LogP contribution in [0.1, 0.15) is 31.0 Å². The van der Waals surface area contributed by atoms with Crippen LogP contribution >= 0.6 is 23.8 Å². The van der Waals surface area contributed by atoms with Crippen LogP contribution in [0.2, 0.25) is 5.02 Å². The first kappa shape index (κ1) is 17.7. The van der Waals surface area contributed by atoms with E-state index in [9.17, 15) is 4.39 Å². The number of halogens is 2. The summed E-state index contributed by atoms with van der Waals surface area (Å²) in [5.74, 6) is -0.0938. The number of thiocarbonyl (C=S) groups is 1. The SMILES string of the molecule is Cc1ccccc1[C@@H](NC(=S)Nc1ccc(F)c(Cl)c1)C(C)C. The van der Waals surface area contributed by atoms with Gasteiger partial charge in [-0.2, -0.15) is 0 Å². The Labute approximate surface area is 147 Å². The van der Waals surface area contributed by atoms with E-state index in [4.69, 9.17) is 23.8 Å². The van der Waals surface area contributed by atoms with Crippen molar-refractivity contribution in [3.8, 4) is 0 Å². The minimum Gasteiger partial charge on any atom is -0.355 e. The third-order valence-corrected chi connectivity index (χ3v) is 4.16. The van der Waals surface area contributed by atoms with Crippen molar-refractivity contribution in [2.45, 2.75) is 26.8 Å². The Morgan fingerprint density at radius 1 is 1.17 bits per heavy atom. The smallest absolute Gasteiger partial charge is 0.171 e. The zero-order chi connectivity index (χ0) is 17.0. The zero-order valence-corrected chi connectivity index (χ0v) is 14.9. The molecule has 0 aliphatic heterocycles. The highest BCUT2D eigenvalue weighted by molar-refractivity contribution is 7.80. The number of hydrogen-bond acceptors (Lipinski definition) is 1. The topological polar surface area (TPSA) is 24.1 Å². The lowest BCUT2D eigenvalue weighted by atomic mass is 9.93. The molecule has 2 nitrogen and oxygen atoms in total. The summed E-state index contributed by atoms with van der Waals surface area (Å²) in [7, 11) is 0. The van der Waals surface area contributed by atoms with Gasteiger partial charge in [-0.25, -0.2) is 4.39 Å². The Bertz CT molecular complexity index is 703. The lowest BCUT2D eigenvalue weighted by Crippen LogP contribution is -2.35. The second kappa shape index (κ2) is 7.75. The van der Waals surface area contributed by atoms with E-state index in [1.54, 1.807) is 6.07 Å². The Morgan fingerprint density at radius 3 is 2.48 bits per heavy atom. The molecular weight excluding hydrogens is 331 g/mol. The Hall–Kier alpha value is -1.65. The molecule has 2 rings (SSSR count). The first-order chi connectivity index (χ1) is 10.9.